The first-order chi connectivity index (χ1) is 13.7. The van der Waals surface area contributed by atoms with Gasteiger partial charge in [-0.25, -0.2) is 0 Å². The molecule has 5 rings (SSSR count). The van der Waals surface area contributed by atoms with Crippen molar-refractivity contribution < 1.29 is 4.79 Å². The van der Waals surface area contributed by atoms with E-state index in [2.05, 4.69) is 59.2 Å². The highest BCUT2D eigenvalue weighted by atomic mass is 16.2. The zero-order chi connectivity index (χ0) is 19.1. The van der Waals surface area contributed by atoms with Crippen molar-refractivity contribution in [3.05, 3.63) is 65.9 Å². The number of likely N-dealkylation sites (tertiary alicyclic amines) is 1. The molecule has 2 atom stereocenters. The molecule has 1 unspecified atom stereocenters. The Morgan fingerprint density at radius 1 is 1.00 bits per heavy atom. The number of carbonyl (C=O) groups is 1. The molecule has 2 aliphatic rings. The van der Waals surface area contributed by atoms with E-state index in [4.69, 9.17) is 5.73 Å². The Bertz CT molecular complexity index is 1000. The Morgan fingerprint density at radius 3 is 2.50 bits per heavy atom. The van der Waals surface area contributed by atoms with Crippen molar-refractivity contribution in [3.8, 4) is 5.69 Å². The van der Waals surface area contributed by atoms with Crippen molar-refractivity contribution in [2.45, 2.75) is 38.1 Å². The second-order valence-corrected chi connectivity index (χ2v) is 8.17. The first kappa shape index (κ1) is 17.5. The van der Waals surface area contributed by atoms with Gasteiger partial charge in [-0.05, 0) is 61.8 Å². The molecule has 2 N–H and O–H groups in total. The van der Waals surface area contributed by atoms with Crippen LogP contribution in [0, 0.1) is 5.92 Å². The lowest BCUT2D eigenvalue weighted by Gasteiger charge is -2.30. The summed E-state index contributed by atoms with van der Waals surface area (Å²) < 4.78 is 2.40. The van der Waals surface area contributed by atoms with Gasteiger partial charge in [-0.2, -0.15) is 0 Å². The van der Waals surface area contributed by atoms with Crippen LogP contribution in [0.25, 0.3) is 16.6 Å². The third-order valence-electron chi connectivity index (χ3n) is 6.53. The van der Waals surface area contributed by atoms with E-state index >= 15 is 0 Å². The molecule has 3 aromatic rings. The van der Waals surface area contributed by atoms with Crippen molar-refractivity contribution in [3.63, 3.8) is 0 Å². The van der Waals surface area contributed by atoms with Crippen molar-refractivity contribution in [2.75, 3.05) is 13.1 Å². The van der Waals surface area contributed by atoms with E-state index in [0.29, 0.717) is 0 Å². The Kier molecular flexibility index (Phi) is 4.44. The van der Waals surface area contributed by atoms with Gasteiger partial charge in [0, 0.05) is 29.9 Å². The second-order valence-electron chi connectivity index (χ2n) is 8.17. The number of nitrogens with two attached hydrogens (primary N) is 1. The molecule has 0 radical (unpaired) electrons. The van der Waals surface area contributed by atoms with Crippen LogP contribution in [0.1, 0.15) is 30.5 Å². The van der Waals surface area contributed by atoms with Crippen LogP contribution >= 0.6 is 0 Å². The highest BCUT2D eigenvalue weighted by Gasteiger charge is 2.34. The predicted molar refractivity (Wildman–Crippen MR) is 113 cm³/mol. The molecule has 1 saturated heterocycles. The summed E-state index contributed by atoms with van der Waals surface area (Å²) >= 11 is 0. The summed E-state index contributed by atoms with van der Waals surface area (Å²) in [7, 11) is 0. The molecule has 1 amide bonds. The summed E-state index contributed by atoms with van der Waals surface area (Å²) in [5, 5.41) is 1.30. The molecule has 1 aliphatic heterocycles. The van der Waals surface area contributed by atoms with Gasteiger partial charge >= 0.3 is 0 Å². The lowest BCUT2D eigenvalue weighted by atomic mass is 9.81. The Balaban J connectivity index is 1.52. The molecular formula is C24H27N3O. The second kappa shape index (κ2) is 7.10. The molecule has 4 nitrogen and oxygen atoms in total. The monoisotopic (exact) mass is 373 g/mol. The van der Waals surface area contributed by atoms with Gasteiger partial charge in [-0.1, -0.05) is 36.4 Å². The molecule has 0 saturated carbocycles. The molecule has 0 bridgehead atoms. The van der Waals surface area contributed by atoms with E-state index in [0.717, 1.165) is 45.2 Å². The van der Waals surface area contributed by atoms with E-state index in [1.54, 1.807) is 0 Å². The average molecular weight is 374 g/mol. The highest BCUT2D eigenvalue weighted by Crippen LogP contribution is 2.37. The first-order valence-electron chi connectivity index (χ1n) is 10.4. The van der Waals surface area contributed by atoms with E-state index < -0.39 is 0 Å². The number of nitrogens with zero attached hydrogens (tertiary/aromatic N) is 2. The van der Waals surface area contributed by atoms with Crippen molar-refractivity contribution >= 4 is 16.8 Å². The predicted octanol–water partition coefficient (Wildman–Crippen LogP) is 3.69. The molecule has 144 valence electrons. The molecule has 4 heteroatoms. The van der Waals surface area contributed by atoms with Gasteiger partial charge < -0.3 is 15.2 Å². The van der Waals surface area contributed by atoms with Gasteiger partial charge in [0.15, 0.2) is 0 Å². The van der Waals surface area contributed by atoms with E-state index in [1.807, 2.05) is 4.90 Å². The van der Waals surface area contributed by atoms with E-state index in [1.165, 1.54) is 27.8 Å². The summed E-state index contributed by atoms with van der Waals surface area (Å²) in [4.78, 5) is 14.8. The Labute approximate surface area is 165 Å². The van der Waals surface area contributed by atoms with E-state index in [-0.39, 0.29) is 17.9 Å². The fourth-order valence-electron chi connectivity index (χ4n) is 5.06. The number of rotatable bonds is 3. The topological polar surface area (TPSA) is 51.3 Å². The zero-order valence-corrected chi connectivity index (χ0v) is 16.2. The minimum atomic E-state index is -0.384. The maximum atomic E-state index is 12.8. The molecule has 1 aliphatic carbocycles. The first-order valence-corrected chi connectivity index (χ1v) is 10.4. The molecule has 1 aromatic heterocycles. The number of fused-ring (bicyclic) bond motifs is 3. The maximum Gasteiger partial charge on any atom is 0.239 e. The minimum absolute atomic E-state index is 0.151. The normalized spacial score (nSPS) is 20.3. The molecule has 2 aromatic carbocycles. The summed E-state index contributed by atoms with van der Waals surface area (Å²) in [6, 6.07) is 18.8. The minimum Gasteiger partial charge on any atom is -0.341 e. The largest absolute Gasteiger partial charge is 0.341 e. The lowest BCUT2D eigenvalue weighted by molar-refractivity contribution is -0.132. The van der Waals surface area contributed by atoms with Crippen LogP contribution in [0.3, 0.4) is 0 Å². The molecule has 0 spiro atoms. The van der Waals surface area contributed by atoms with Gasteiger partial charge in [0.2, 0.25) is 5.91 Å². The smallest absolute Gasteiger partial charge is 0.239 e. The molecule has 1 fully saturated rings. The van der Waals surface area contributed by atoms with Crippen molar-refractivity contribution in [2.24, 2.45) is 11.7 Å². The van der Waals surface area contributed by atoms with Crippen LogP contribution in [0.4, 0.5) is 0 Å². The van der Waals surface area contributed by atoms with Gasteiger partial charge in [0.1, 0.15) is 0 Å². The summed E-state index contributed by atoms with van der Waals surface area (Å²) in [6.45, 7) is 1.75. The number of para-hydroxylation sites is 2. The van der Waals surface area contributed by atoms with Crippen molar-refractivity contribution in [1.29, 1.82) is 0 Å². The van der Waals surface area contributed by atoms with Gasteiger partial charge in [0.05, 0.1) is 11.6 Å². The van der Waals surface area contributed by atoms with Gasteiger partial charge in [0.25, 0.3) is 0 Å². The summed E-state index contributed by atoms with van der Waals surface area (Å²) in [6.07, 6.45) is 5.04. The fraction of sp³-hybridized carbons (Fsp3) is 0.375. The third-order valence-corrected chi connectivity index (χ3v) is 6.53. The number of benzene rings is 2. The van der Waals surface area contributed by atoms with E-state index in [9.17, 15) is 4.79 Å². The van der Waals surface area contributed by atoms with Gasteiger partial charge in [-0.3, -0.25) is 4.79 Å². The van der Waals surface area contributed by atoms with Crippen LogP contribution in [-0.2, 0) is 17.6 Å². The number of amides is 1. The van der Waals surface area contributed by atoms with Crippen LogP contribution in [0.2, 0.25) is 0 Å². The fourth-order valence-corrected chi connectivity index (χ4v) is 5.06. The van der Waals surface area contributed by atoms with Crippen molar-refractivity contribution in [1.82, 2.24) is 9.47 Å². The molecular weight excluding hydrogens is 346 g/mol. The maximum absolute atomic E-state index is 12.8. The standard InChI is InChI=1S/C24H27N3O/c25-23(24(28)26-14-6-7-15-26)17-12-13-22-20(16-17)19-10-4-5-11-21(19)27(22)18-8-2-1-3-9-18/h1-5,8-11,17,23H,6-7,12-16,25H2/t17?,23-/m0/s1. The third kappa shape index (κ3) is 2.83. The Hall–Kier alpha value is -2.59. The molecule has 28 heavy (non-hydrogen) atoms. The zero-order valence-electron chi connectivity index (χ0n) is 16.2. The number of aromatic nitrogens is 1. The summed E-state index contributed by atoms with van der Waals surface area (Å²) in [5.74, 6) is 0.369. The quantitative estimate of drug-likeness (QED) is 0.761. The summed E-state index contributed by atoms with van der Waals surface area (Å²) in [5.41, 5.74) is 11.7. The van der Waals surface area contributed by atoms with Crippen LogP contribution < -0.4 is 5.73 Å². The SMILES string of the molecule is N[C@H](C(=O)N1CCCC1)C1CCc2c(c3ccccc3n2-c2ccccc2)C1. The number of hydrogen-bond donors (Lipinski definition) is 1. The Morgan fingerprint density at radius 2 is 1.71 bits per heavy atom. The number of carbonyl (C=O) groups excluding carboxylic acids is 1. The van der Waals surface area contributed by atoms with Crippen LogP contribution in [-0.4, -0.2) is 34.5 Å². The average Bonchev–Trinajstić information content (AvgIpc) is 3.39. The van der Waals surface area contributed by atoms with Crippen LogP contribution in [0.5, 0.6) is 0 Å². The lowest BCUT2D eigenvalue weighted by Crippen LogP contribution is -2.48. The highest BCUT2D eigenvalue weighted by molar-refractivity contribution is 5.88. The number of hydrogen-bond acceptors (Lipinski definition) is 2. The molecule has 2 heterocycles. The van der Waals surface area contributed by atoms with Crippen LogP contribution in [0.15, 0.2) is 54.6 Å². The van der Waals surface area contributed by atoms with Gasteiger partial charge in [-0.15, -0.1) is 0 Å².